The first-order chi connectivity index (χ1) is 5.83. The van der Waals surface area contributed by atoms with Crippen LogP contribution in [0.25, 0.3) is 0 Å². The molecule has 0 saturated heterocycles. The van der Waals surface area contributed by atoms with Crippen LogP contribution in [0.3, 0.4) is 0 Å². The number of rotatable bonds is 1. The summed E-state index contributed by atoms with van der Waals surface area (Å²) in [4.78, 5) is 0. The van der Waals surface area contributed by atoms with Gasteiger partial charge in [-0.1, -0.05) is 17.9 Å². The van der Waals surface area contributed by atoms with E-state index in [0.717, 1.165) is 0 Å². The molecule has 0 spiro atoms. The minimum absolute atomic E-state index is 0.361. The van der Waals surface area contributed by atoms with Gasteiger partial charge in [0.05, 0.1) is 0 Å². The molecule has 1 aromatic carbocycles. The van der Waals surface area contributed by atoms with Gasteiger partial charge in [-0.15, -0.1) is 0 Å². The van der Waals surface area contributed by atoms with Crippen molar-refractivity contribution in [2.75, 3.05) is 13.7 Å². The van der Waals surface area contributed by atoms with Gasteiger partial charge in [0.2, 0.25) is 0 Å². The van der Waals surface area contributed by atoms with Crippen molar-refractivity contribution >= 4 is 0 Å². The van der Waals surface area contributed by atoms with Crippen molar-refractivity contribution in [3.05, 3.63) is 35.6 Å². The molecule has 61 valence electrons. The summed E-state index contributed by atoms with van der Waals surface area (Å²) in [6.07, 6.45) is 0. The van der Waals surface area contributed by atoms with Crippen LogP contribution in [-0.2, 0) is 4.74 Å². The van der Waals surface area contributed by atoms with Gasteiger partial charge in [-0.2, -0.15) is 0 Å². The van der Waals surface area contributed by atoms with Crippen molar-refractivity contribution in [2.45, 2.75) is 0 Å². The van der Waals surface area contributed by atoms with Crippen molar-refractivity contribution < 1.29 is 9.13 Å². The van der Waals surface area contributed by atoms with Gasteiger partial charge < -0.3 is 4.74 Å². The fourth-order valence-corrected chi connectivity index (χ4v) is 0.725. The highest BCUT2D eigenvalue weighted by Gasteiger charge is 1.89. The highest BCUT2D eigenvalue weighted by molar-refractivity contribution is 5.33. The van der Waals surface area contributed by atoms with Crippen LogP contribution in [0.2, 0.25) is 0 Å². The van der Waals surface area contributed by atoms with E-state index >= 15 is 0 Å². The summed E-state index contributed by atoms with van der Waals surface area (Å²) in [5.74, 6) is 5.09. The smallest absolute Gasteiger partial charge is 0.132 e. The maximum atomic E-state index is 12.5. The Hall–Kier alpha value is -1.33. The largest absolute Gasteiger partial charge is 0.372 e. The molecule has 0 aliphatic rings. The Morgan fingerprint density at radius 2 is 2.50 bits per heavy atom. The minimum Gasteiger partial charge on any atom is -0.372 e. The fraction of sp³-hybridized carbons (Fsp3) is 0.200. The number of ether oxygens (including phenoxy) is 1. The minimum atomic E-state index is -0.390. The average Bonchev–Trinajstić information content (AvgIpc) is 2.05. The lowest BCUT2D eigenvalue weighted by Gasteiger charge is -1.88. The predicted octanol–water partition coefficient (Wildman–Crippen LogP) is 1.62. The molecule has 1 nitrogen and oxygen atoms in total. The summed E-state index contributed by atoms with van der Waals surface area (Å²) >= 11 is 0. The van der Waals surface area contributed by atoms with Gasteiger partial charge in [0.25, 0.3) is 0 Å². The molecule has 0 atom stereocenters. The Balaban J connectivity index is 2.71. The maximum Gasteiger partial charge on any atom is 0.132 e. The Bertz CT molecular complexity index is 309. The first kappa shape index (κ1) is 8.76. The zero-order valence-electron chi connectivity index (χ0n) is 6.73. The van der Waals surface area contributed by atoms with Crippen molar-refractivity contribution in [1.29, 1.82) is 0 Å². The average molecular weight is 163 g/mol. The molecular weight excluding hydrogens is 155 g/mol. The molecule has 0 amide bonds. The Labute approximate surface area is 71.2 Å². The molecule has 0 saturated carbocycles. The molecule has 2 heteroatoms. The Morgan fingerprint density at radius 1 is 1.67 bits per heavy atom. The van der Waals surface area contributed by atoms with Crippen LogP contribution in [-0.4, -0.2) is 13.7 Å². The highest BCUT2D eigenvalue weighted by Crippen LogP contribution is 1.99. The third-order valence-electron chi connectivity index (χ3n) is 1.22. The Kier molecular flexibility index (Phi) is 3.31. The van der Waals surface area contributed by atoms with E-state index in [-0.39, 0.29) is 5.82 Å². The van der Waals surface area contributed by atoms with Crippen LogP contribution in [0.15, 0.2) is 18.2 Å². The van der Waals surface area contributed by atoms with E-state index in [4.69, 9.17) is 4.74 Å². The zero-order valence-corrected chi connectivity index (χ0v) is 6.73. The van der Waals surface area contributed by atoms with Crippen LogP contribution in [0.1, 0.15) is 5.56 Å². The Morgan fingerprint density at radius 3 is 3.17 bits per heavy atom. The van der Waals surface area contributed by atoms with Gasteiger partial charge in [-0.05, 0) is 12.1 Å². The monoisotopic (exact) mass is 163 g/mol. The van der Waals surface area contributed by atoms with Crippen molar-refractivity contribution in [3.63, 3.8) is 0 Å². The van der Waals surface area contributed by atoms with E-state index in [1.54, 1.807) is 13.2 Å². The van der Waals surface area contributed by atoms with E-state index in [1.807, 2.05) is 0 Å². The van der Waals surface area contributed by atoms with Crippen LogP contribution in [0.4, 0.5) is 4.39 Å². The predicted molar refractivity (Wildman–Crippen MR) is 44.0 cm³/mol. The van der Waals surface area contributed by atoms with E-state index < -0.39 is 0 Å². The van der Waals surface area contributed by atoms with Gasteiger partial charge >= 0.3 is 0 Å². The normalized spacial score (nSPS) is 8.83. The standard InChI is InChI=1S/C10H8FO/c1-12-7-3-5-9-4-2-6-10(11)8-9/h2,4,8H,7H2,1H3. The third-order valence-corrected chi connectivity index (χ3v) is 1.22. The number of halogens is 1. The van der Waals surface area contributed by atoms with E-state index in [1.165, 1.54) is 12.1 Å². The van der Waals surface area contributed by atoms with Crippen LogP contribution in [0.5, 0.6) is 0 Å². The van der Waals surface area contributed by atoms with Gasteiger partial charge in [0, 0.05) is 18.7 Å². The summed E-state index contributed by atoms with van der Waals surface area (Å²) in [5, 5.41) is 0. The molecule has 1 rings (SSSR count). The molecule has 1 aromatic rings. The van der Waals surface area contributed by atoms with E-state index in [9.17, 15) is 4.39 Å². The molecule has 1 radical (unpaired) electrons. The molecular formula is C10H8FO. The first-order valence-electron chi connectivity index (χ1n) is 3.48. The number of hydrogen-bond acceptors (Lipinski definition) is 1. The van der Waals surface area contributed by atoms with Crippen molar-refractivity contribution in [1.82, 2.24) is 0 Å². The maximum absolute atomic E-state index is 12.5. The topological polar surface area (TPSA) is 9.23 Å². The van der Waals surface area contributed by atoms with Gasteiger partial charge in [0.15, 0.2) is 0 Å². The molecule has 0 unspecified atom stereocenters. The summed E-state index contributed by atoms with van der Waals surface area (Å²) in [5.41, 5.74) is 0.642. The molecule has 0 heterocycles. The summed E-state index contributed by atoms with van der Waals surface area (Å²) in [6, 6.07) is 6.94. The lowest BCUT2D eigenvalue weighted by atomic mass is 10.2. The van der Waals surface area contributed by atoms with E-state index in [0.29, 0.717) is 12.2 Å². The highest BCUT2D eigenvalue weighted by atomic mass is 19.1. The second kappa shape index (κ2) is 4.53. The van der Waals surface area contributed by atoms with Gasteiger partial charge in [0.1, 0.15) is 12.4 Å². The van der Waals surface area contributed by atoms with Crippen LogP contribution in [0, 0.1) is 23.7 Å². The summed E-state index contributed by atoms with van der Waals surface area (Å²) in [6.45, 7) is 0.361. The van der Waals surface area contributed by atoms with Gasteiger partial charge in [-0.3, -0.25) is 0 Å². The molecule has 0 aliphatic heterocycles. The molecule has 0 fully saturated rings. The molecule has 12 heavy (non-hydrogen) atoms. The van der Waals surface area contributed by atoms with Crippen LogP contribution >= 0.6 is 0 Å². The second-order valence-corrected chi connectivity index (χ2v) is 2.16. The molecule has 0 bridgehead atoms. The molecule has 0 aliphatic carbocycles. The molecule has 0 aromatic heterocycles. The summed E-state index contributed by atoms with van der Waals surface area (Å²) < 4.78 is 17.2. The van der Waals surface area contributed by atoms with Crippen molar-refractivity contribution in [2.24, 2.45) is 0 Å². The second-order valence-electron chi connectivity index (χ2n) is 2.16. The fourth-order valence-electron chi connectivity index (χ4n) is 0.725. The quantitative estimate of drug-likeness (QED) is 0.572. The molecule has 0 N–H and O–H groups in total. The van der Waals surface area contributed by atoms with Crippen LogP contribution < -0.4 is 0 Å². The van der Waals surface area contributed by atoms with E-state index in [2.05, 4.69) is 17.9 Å². The third kappa shape index (κ3) is 2.73. The lowest BCUT2D eigenvalue weighted by Crippen LogP contribution is -1.82. The summed E-state index contributed by atoms with van der Waals surface area (Å²) in [7, 11) is 1.56. The van der Waals surface area contributed by atoms with Gasteiger partial charge in [-0.25, -0.2) is 4.39 Å². The van der Waals surface area contributed by atoms with Crippen molar-refractivity contribution in [3.8, 4) is 11.8 Å². The number of methoxy groups -OCH3 is 1. The lowest BCUT2D eigenvalue weighted by molar-refractivity contribution is 0.240. The zero-order chi connectivity index (χ0) is 8.81. The number of benzene rings is 1. The number of hydrogen-bond donors (Lipinski definition) is 0. The SMILES string of the molecule is COCC#Cc1cc[c]c(F)c1. The first-order valence-corrected chi connectivity index (χ1v) is 3.48.